The molecule has 2 atom stereocenters. The third-order valence-electron chi connectivity index (χ3n) is 8.37. The molecule has 1 spiro atoms. The molecule has 5 N–H and O–H groups in total. The highest BCUT2D eigenvalue weighted by Crippen LogP contribution is 2.37. The molecule has 1 unspecified atom stereocenters. The van der Waals surface area contributed by atoms with E-state index in [0.29, 0.717) is 55.8 Å². The molecule has 13 nitrogen and oxygen atoms in total. The largest absolute Gasteiger partial charge is 0.491 e. The van der Waals surface area contributed by atoms with E-state index < -0.39 is 41.8 Å². The number of nitrogens with zero attached hydrogens (tertiary/aromatic N) is 1. The van der Waals surface area contributed by atoms with Crippen LogP contribution in [0.25, 0.3) is 11.1 Å². The molecule has 3 aromatic carbocycles. The minimum atomic E-state index is -3.84. The van der Waals surface area contributed by atoms with Crippen LogP contribution in [0.3, 0.4) is 0 Å². The molecule has 0 radical (unpaired) electrons. The Labute approximate surface area is 276 Å². The van der Waals surface area contributed by atoms with Crippen molar-refractivity contribution in [3.8, 4) is 16.9 Å². The summed E-state index contributed by atoms with van der Waals surface area (Å²) in [6.07, 6.45) is 0.867. The van der Waals surface area contributed by atoms with Crippen molar-refractivity contribution in [1.29, 1.82) is 0 Å². The Morgan fingerprint density at radius 2 is 1.62 bits per heavy atom. The molecule has 2 heterocycles. The second kappa shape index (κ2) is 14.3. The van der Waals surface area contributed by atoms with E-state index >= 15 is 0 Å². The summed E-state index contributed by atoms with van der Waals surface area (Å²) in [7, 11) is -11.2. The van der Waals surface area contributed by atoms with Crippen molar-refractivity contribution in [3.63, 3.8) is 0 Å². The van der Waals surface area contributed by atoms with Gasteiger partial charge in [-0.2, -0.15) is 4.31 Å². The first-order valence-corrected chi connectivity index (χ1v) is 19.7. The van der Waals surface area contributed by atoms with Gasteiger partial charge in [-0.25, -0.2) is 35.1 Å². The maximum atomic E-state index is 13.6. The topological polar surface area (TPSA) is 194 Å². The number of aliphatic hydroxyl groups excluding tert-OH is 1. The van der Waals surface area contributed by atoms with Crippen LogP contribution >= 0.6 is 0 Å². The third-order valence-corrected chi connectivity index (χ3v) is 12.7. The van der Waals surface area contributed by atoms with Crippen LogP contribution in [0.15, 0.2) is 87.5 Å². The van der Waals surface area contributed by atoms with Crippen LogP contribution in [0.5, 0.6) is 5.75 Å². The number of nitrogens with two attached hydrogens (primary N) is 1. The molecule has 0 aliphatic carbocycles. The molecule has 5 rings (SSSR count). The summed E-state index contributed by atoms with van der Waals surface area (Å²) in [5.41, 5.74) is 0.828. The number of nitrogens with one attached hydrogen (secondary N) is 2. The minimum absolute atomic E-state index is 0.0254. The second-order valence-electron chi connectivity index (χ2n) is 11.7. The van der Waals surface area contributed by atoms with E-state index in [2.05, 4.69) is 10.0 Å². The average Bonchev–Trinajstić information content (AvgIpc) is 3.44. The number of benzene rings is 3. The first-order chi connectivity index (χ1) is 22.2. The fourth-order valence-electron chi connectivity index (χ4n) is 5.84. The molecular weight excluding hydrogens is 669 g/mol. The molecule has 2 aliphatic heterocycles. The van der Waals surface area contributed by atoms with Gasteiger partial charge in [0, 0.05) is 38.3 Å². The molecule has 0 amide bonds. The van der Waals surface area contributed by atoms with E-state index in [0.717, 1.165) is 0 Å². The zero-order valence-corrected chi connectivity index (χ0v) is 28.4. The number of rotatable bonds is 13. The van der Waals surface area contributed by atoms with Gasteiger partial charge in [0.25, 0.3) is 0 Å². The number of piperidine rings is 1. The van der Waals surface area contributed by atoms with Gasteiger partial charge in [0.2, 0.25) is 30.1 Å². The highest BCUT2D eigenvalue weighted by Gasteiger charge is 2.44. The summed E-state index contributed by atoms with van der Waals surface area (Å²) in [6.45, 7) is 3.17. The second-order valence-corrected chi connectivity index (χ2v) is 17.0. The van der Waals surface area contributed by atoms with Gasteiger partial charge in [-0.15, -0.1) is 0 Å². The molecular formula is C31H40N4O9S3. The van der Waals surface area contributed by atoms with E-state index in [4.69, 9.17) is 14.6 Å². The van der Waals surface area contributed by atoms with Gasteiger partial charge in [-0.3, -0.25) is 0 Å². The van der Waals surface area contributed by atoms with Crippen molar-refractivity contribution in [2.75, 3.05) is 39.4 Å². The molecule has 16 heteroatoms. The summed E-state index contributed by atoms with van der Waals surface area (Å²) >= 11 is 0. The summed E-state index contributed by atoms with van der Waals surface area (Å²) in [4.78, 5) is 0.207. The number of hydrogen-bond acceptors (Lipinski definition) is 10. The Morgan fingerprint density at radius 1 is 0.936 bits per heavy atom. The van der Waals surface area contributed by atoms with Gasteiger partial charge in [0.1, 0.15) is 18.5 Å². The Kier molecular flexibility index (Phi) is 10.7. The van der Waals surface area contributed by atoms with Gasteiger partial charge in [0.05, 0.1) is 26.9 Å². The zero-order valence-electron chi connectivity index (χ0n) is 25.9. The maximum absolute atomic E-state index is 13.6. The average molecular weight is 709 g/mol. The third kappa shape index (κ3) is 8.57. The van der Waals surface area contributed by atoms with Crippen LogP contribution < -0.4 is 19.9 Å². The lowest BCUT2D eigenvalue weighted by Gasteiger charge is -2.38. The predicted octanol–water partition coefficient (Wildman–Crippen LogP) is 1.64. The summed E-state index contributed by atoms with van der Waals surface area (Å²) in [5, 5.41) is 19.0. The highest BCUT2D eigenvalue weighted by molar-refractivity contribution is 7.89. The van der Waals surface area contributed by atoms with Crippen molar-refractivity contribution in [2.24, 2.45) is 5.14 Å². The summed E-state index contributed by atoms with van der Waals surface area (Å²) < 4.78 is 90.5. The molecule has 47 heavy (non-hydrogen) atoms. The molecule has 2 saturated heterocycles. The fourth-order valence-corrected chi connectivity index (χ4v) is 8.92. The Balaban J connectivity index is 1.11. The summed E-state index contributed by atoms with van der Waals surface area (Å²) in [6, 6.07) is 18.5. The smallest absolute Gasteiger partial charge is 0.243 e. The molecule has 2 aliphatic rings. The number of sulfonamides is 3. The summed E-state index contributed by atoms with van der Waals surface area (Å²) in [5.74, 6) is 0.332. The molecule has 0 saturated carbocycles. The number of hydrogen-bond donors (Lipinski definition) is 4. The molecule has 256 valence electrons. The van der Waals surface area contributed by atoms with Gasteiger partial charge in [-0.05, 0) is 66.8 Å². The van der Waals surface area contributed by atoms with E-state index in [1.165, 1.54) is 28.6 Å². The highest BCUT2D eigenvalue weighted by atomic mass is 32.2. The minimum Gasteiger partial charge on any atom is -0.491 e. The van der Waals surface area contributed by atoms with Crippen molar-refractivity contribution in [2.45, 2.75) is 58.6 Å². The van der Waals surface area contributed by atoms with Crippen LogP contribution in [-0.4, -0.2) is 91.8 Å². The first-order valence-electron chi connectivity index (χ1n) is 15.2. The Morgan fingerprint density at radius 3 is 2.30 bits per heavy atom. The number of primary sulfonamides is 1. The number of ether oxygens (including phenoxy) is 2. The SMILES string of the molecule is CCNS(=O)(=O)c1cccc(OC[C@@H](O)CNC2COC3(CCN(S(=O)(=O)c4cccc(-c5ccc(S(N)(=O)=O)cc5)c4)CC3)C2)c1. The van der Waals surface area contributed by atoms with Gasteiger partial charge in [0.15, 0.2) is 0 Å². The van der Waals surface area contributed by atoms with Gasteiger partial charge < -0.3 is 19.9 Å². The van der Waals surface area contributed by atoms with Crippen LogP contribution in [0, 0.1) is 0 Å². The zero-order chi connectivity index (χ0) is 33.9. The van der Waals surface area contributed by atoms with E-state index in [1.54, 1.807) is 55.5 Å². The molecule has 2 fully saturated rings. The van der Waals surface area contributed by atoms with Crippen LogP contribution in [-0.2, 0) is 34.8 Å². The van der Waals surface area contributed by atoms with Crippen LogP contribution in [0.1, 0.15) is 26.2 Å². The lowest BCUT2D eigenvalue weighted by Crippen LogP contribution is -2.47. The molecule has 3 aromatic rings. The van der Waals surface area contributed by atoms with Crippen molar-refractivity contribution < 1.29 is 39.8 Å². The quantitative estimate of drug-likeness (QED) is 0.203. The van der Waals surface area contributed by atoms with Gasteiger partial charge in [-0.1, -0.05) is 37.3 Å². The Bertz CT molecular complexity index is 1880. The molecule has 0 aromatic heterocycles. The number of aliphatic hydroxyl groups is 1. The lowest BCUT2D eigenvalue weighted by atomic mass is 9.88. The van der Waals surface area contributed by atoms with Crippen molar-refractivity contribution >= 4 is 30.1 Å². The van der Waals surface area contributed by atoms with Crippen LogP contribution in [0.2, 0.25) is 0 Å². The predicted molar refractivity (Wildman–Crippen MR) is 175 cm³/mol. The standard InChI is InChI=1S/C31H40N4O9S3/c1-2-34-46(39,40)29-7-4-6-27(18-29)43-22-26(36)20-33-25-19-31(44-21-25)13-15-35(16-14-31)47(41,42)30-8-3-5-24(17-30)23-9-11-28(12-10-23)45(32,37)38/h3-12,17-18,25-26,33-34,36H,2,13-16,19-22H2,1H3,(H2,32,37,38)/t25?,26-/m0/s1. The normalized spacial score (nSPS) is 19.5. The fraction of sp³-hybridized carbons (Fsp3) is 0.419. The van der Waals surface area contributed by atoms with Crippen molar-refractivity contribution in [1.82, 2.24) is 14.3 Å². The van der Waals surface area contributed by atoms with Gasteiger partial charge >= 0.3 is 0 Å². The lowest BCUT2D eigenvalue weighted by molar-refractivity contribution is -0.0312. The van der Waals surface area contributed by atoms with E-state index in [9.17, 15) is 30.4 Å². The van der Waals surface area contributed by atoms with Crippen LogP contribution in [0.4, 0.5) is 0 Å². The maximum Gasteiger partial charge on any atom is 0.243 e. The Hall–Kier alpha value is -2.93. The monoisotopic (exact) mass is 708 g/mol. The van der Waals surface area contributed by atoms with E-state index in [1.807, 2.05) is 0 Å². The van der Waals surface area contributed by atoms with E-state index in [-0.39, 0.29) is 40.4 Å². The molecule has 0 bridgehead atoms. The first kappa shape index (κ1) is 35.4. The van der Waals surface area contributed by atoms with Crippen molar-refractivity contribution in [3.05, 3.63) is 72.8 Å².